The summed E-state index contributed by atoms with van der Waals surface area (Å²) in [6, 6.07) is 0.267. The van der Waals surface area contributed by atoms with Gasteiger partial charge in [-0.1, -0.05) is 0 Å². The van der Waals surface area contributed by atoms with Gasteiger partial charge in [-0.3, -0.25) is 4.79 Å². The Bertz CT molecular complexity index is 216. The van der Waals surface area contributed by atoms with Gasteiger partial charge in [0.25, 0.3) is 0 Å². The van der Waals surface area contributed by atoms with Gasteiger partial charge in [0.1, 0.15) is 0 Å². The predicted molar refractivity (Wildman–Crippen MR) is 54.8 cm³/mol. The molecule has 0 aliphatic carbocycles. The van der Waals surface area contributed by atoms with Crippen LogP contribution in [0.15, 0.2) is 0 Å². The molecule has 1 fully saturated rings. The van der Waals surface area contributed by atoms with E-state index in [1.165, 1.54) is 7.11 Å². The Balaban J connectivity index is 2.46. The SMILES string of the molecule is COC(=O)C(C)(C)CN1CC[C@@H](N)C1. The molecule has 0 aromatic heterocycles. The van der Waals surface area contributed by atoms with Crippen molar-refractivity contribution in [2.24, 2.45) is 11.1 Å². The lowest BCUT2D eigenvalue weighted by Crippen LogP contribution is -2.39. The molecule has 4 nitrogen and oxygen atoms in total. The van der Waals surface area contributed by atoms with Crippen LogP contribution in [-0.4, -0.2) is 43.7 Å². The van der Waals surface area contributed by atoms with Crippen molar-refractivity contribution >= 4 is 5.97 Å². The maximum absolute atomic E-state index is 11.4. The number of ether oxygens (including phenoxy) is 1. The summed E-state index contributed by atoms with van der Waals surface area (Å²) in [4.78, 5) is 13.6. The second-order valence-corrected chi connectivity index (χ2v) is 4.66. The van der Waals surface area contributed by atoms with Crippen molar-refractivity contribution in [3.63, 3.8) is 0 Å². The van der Waals surface area contributed by atoms with Crippen LogP contribution in [0.3, 0.4) is 0 Å². The molecule has 82 valence electrons. The number of esters is 1. The molecule has 1 atom stereocenters. The number of nitrogens with two attached hydrogens (primary N) is 1. The molecule has 1 rings (SSSR count). The van der Waals surface area contributed by atoms with Crippen molar-refractivity contribution in [3.8, 4) is 0 Å². The molecule has 0 unspecified atom stereocenters. The van der Waals surface area contributed by atoms with Gasteiger partial charge in [-0.2, -0.15) is 0 Å². The lowest BCUT2D eigenvalue weighted by atomic mass is 9.93. The molecule has 1 aliphatic rings. The first-order chi connectivity index (χ1) is 6.45. The highest BCUT2D eigenvalue weighted by Gasteiger charge is 2.33. The van der Waals surface area contributed by atoms with E-state index in [4.69, 9.17) is 10.5 Å². The predicted octanol–water partition coefficient (Wildman–Crippen LogP) is 0.219. The van der Waals surface area contributed by atoms with Crippen molar-refractivity contribution in [2.75, 3.05) is 26.7 Å². The summed E-state index contributed by atoms with van der Waals surface area (Å²) in [6.45, 7) is 6.42. The quantitative estimate of drug-likeness (QED) is 0.662. The number of rotatable bonds is 3. The monoisotopic (exact) mass is 200 g/mol. The highest BCUT2D eigenvalue weighted by Crippen LogP contribution is 2.21. The van der Waals surface area contributed by atoms with E-state index in [0.717, 1.165) is 26.1 Å². The van der Waals surface area contributed by atoms with Crippen LogP contribution in [0, 0.1) is 5.41 Å². The fraction of sp³-hybridized carbons (Fsp3) is 0.900. The van der Waals surface area contributed by atoms with Crippen molar-refractivity contribution in [2.45, 2.75) is 26.3 Å². The Kier molecular flexibility index (Phi) is 3.50. The van der Waals surface area contributed by atoms with Crippen molar-refractivity contribution in [1.29, 1.82) is 0 Å². The summed E-state index contributed by atoms with van der Waals surface area (Å²) < 4.78 is 4.76. The van der Waals surface area contributed by atoms with E-state index >= 15 is 0 Å². The lowest BCUT2D eigenvalue weighted by Gasteiger charge is -2.27. The van der Waals surface area contributed by atoms with Crippen molar-refractivity contribution < 1.29 is 9.53 Å². The van der Waals surface area contributed by atoms with Crippen LogP contribution in [0.5, 0.6) is 0 Å². The standard InChI is InChI=1S/C10H20N2O2/c1-10(2,9(13)14-3)7-12-5-4-8(11)6-12/h8H,4-7,11H2,1-3H3/t8-/m1/s1. The summed E-state index contributed by atoms with van der Waals surface area (Å²) in [5, 5.41) is 0. The molecule has 14 heavy (non-hydrogen) atoms. The Labute approximate surface area is 85.4 Å². The van der Waals surface area contributed by atoms with Gasteiger partial charge < -0.3 is 15.4 Å². The van der Waals surface area contributed by atoms with Gasteiger partial charge in [0.2, 0.25) is 0 Å². The van der Waals surface area contributed by atoms with E-state index in [1.807, 2.05) is 13.8 Å². The Morgan fingerprint density at radius 3 is 2.71 bits per heavy atom. The van der Waals surface area contributed by atoms with Crippen LogP contribution >= 0.6 is 0 Å². The highest BCUT2D eigenvalue weighted by atomic mass is 16.5. The molecule has 0 aromatic carbocycles. The molecule has 0 amide bonds. The zero-order chi connectivity index (χ0) is 10.8. The maximum Gasteiger partial charge on any atom is 0.312 e. The van der Waals surface area contributed by atoms with Gasteiger partial charge in [-0.25, -0.2) is 0 Å². The molecule has 1 heterocycles. The lowest BCUT2D eigenvalue weighted by molar-refractivity contribution is -0.151. The number of methoxy groups -OCH3 is 1. The van der Waals surface area contributed by atoms with Gasteiger partial charge in [0, 0.05) is 19.1 Å². The minimum atomic E-state index is -0.432. The number of nitrogens with zero attached hydrogens (tertiary/aromatic N) is 1. The van der Waals surface area contributed by atoms with Gasteiger partial charge in [0.15, 0.2) is 0 Å². The molecule has 2 N–H and O–H groups in total. The first kappa shape index (κ1) is 11.5. The van der Waals surface area contributed by atoms with E-state index in [9.17, 15) is 4.79 Å². The average Bonchev–Trinajstić information content (AvgIpc) is 2.48. The van der Waals surface area contributed by atoms with Crippen molar-refractivity contribution in [1.82, 2.24) is 4.90 Å². The highest BCUT2D eigenvalue weighted by molar-refractivity contribution is 5.76. The third-order valence-electron chi connectivity index (χ3n) is 2.67. The largest absolute Gasteiger partial charge is 0.469 e. The van der Waals surface area contributed by atoms with Gasteiger partial charge >= 0.3 is 5.97 Å². The summed E-state index contributed by atoms with van der Waals surface area (Å²) >= 11 is 0. The number of carbonyl (C=O) groups is 1. The van der Waals surface area contributed by atoms with E-state index in [1.54, 1.807) is 0 Å². The van der Waals surface area contributed by atoms with Gasteiger partial charge in [0.05, 0.1) is 12.5 Å². The van der Waals surface area contributed by atoms with E-state index in [2.05, 4.69) is 4.90 Å². The van der Waals surface area contributed by atoms with E-state index in [0.29, 0.717) is 0 Å². The molecule has 1 saturated heterocycles. The fourth-order valence-electron chi connectivity index (χ4n) is 1.91. The summed E-state index contributed by atoms with van der Waals surface area (Å²) in [5.74, 6) is -0.155. The Hall–Kier alpha value is -0.610. The first-order valence-electron chi connectivity index (χ1n) is 5.02. The third-order valence-corrected chi connectivity index (χ3v) is 2.67. The van der Waals surface area contributed by atoms with Crippen LogP contribution in [0.4, 0.5) is 0 Å². The van der Waals surface area contributed by atoms with Crippen LogP contribution < -0.4 is 5.73 Å². The van der Waals surface area contributed by atoms with Crippen LogP contribution in [-0.2, 0) is 9.53 Å². The minimum absolute atomic E-state index is 0.155. The summed E-state index contributed by atoms with van der Waals surface area (Å²) in [6.07, 6.45) is 1.03. The normalized spacial score (nSPS) is 23.9. The number of carbonyl (C=O) groups excluding carboxylic acids is 1. The molecular weight excluding hydrogens is 180 g/mol. The topological polar surface area (TPSA) is 55.6 Å². The summed E-state index contributed by atoms with van der Waals surface area (Å²) in [7, 11) is 1.43. The summed E-state index contributed by atoms with van der Waals surface area (Å²) in [5.41, 5.74) is 5.36. The number of hydrogen-bond donors (Lipinski definition) is 1. The molecule has 0 saturated carbocycles. The van der Waals surface area contributed by atoms with E-state index < -0.39 is 5.41 Å². The fourth-order valence-corrected chi connectivity index (χ4v) is 1.91. The molecular formula is C10H20N2O2. The Morgan fingerprint density at radius 2 is 2.29 bits per heavy atom. The maximum atomic E-state index is 11.4. The van der Waals surface area contributed by atoms with Gasteiger partial charge in [-0.05, 0) is 26.8 Å². The number of likely N-dealkylation sites (tertiary alicyclic amines) is 1. The third kappa shape index (κ3) is 2.69. The molecule has 0 radical (unpaired) electrons. The van der Waals surface area contributed by atoms with Crippen LogP contribution in [0.25, 0.3) is 0 Å². The molecule has 0 aromatic rings. The minimum Gasteiger partial charge on any atom is -0.469 e. The van der Waals surface area contributed by atoms with Gasteiger partial charge in [-0.15, -0.1) is 0 Å². The molecule has 0 spiro atoms. The average molecular weight is 200 g/mol. The van der Waals surface area contributed by atoms with E-state index in [-0.39, 0.29) is 12.0 Å². The smallest absolute Gasteiger partial charge is 0.312 e. The zero-order valence-electron chi connectivity index (χ0n) is 9.25. The Morgan fingerprint density at radius 1 is 1.64 bits per heavy atom. The zero-order valence-corrected chi connectivity index (χ0v) is 9.25. The second kappa shape index (κ2) is 4.28. The number of hydrogen-bond acceptors (Lipinski definition) is 4. The first-order valence-corrected chi connectivity index (χ1v) is 5.02. The molecule has 4 heteroatoms. The van der Waals surface area contributed by atoms with Crippen LogP contribution in [0.1, 0.15) is 20.3 Å². The molecule has 0 bridgehead atoms. The van der Waals surface area contributed by atoms with Crippen LogP contribution in [0.2, 0.25) is 0 Å². The molecule has 1 aliphatic heterocycles. The second-order valence-electron chi connectivity index (χ2n) is 4.66. The van der Waals surface area contributed by atoms with Crippen molar-refractivity contribution in [3.05, 3.63) is 0 Å².